The van der Waals surface area contributed by atoms with Crippen molar-refractivity contribution >= 4 is 34.1 Å². The van der Waals surface area contributed by atoms with E-state index in [1.165, 1.54) is 12.1 Å². The van der Waals surface area contributed by atoms with Crippen LogP contribution >= 0.6 is 11.6 Å². The standard InChI is InChI=1S/C21H19ClF3N3O3/c1-3-12(2)28-19(30)14-6-4-5-7-17(14)27(20(28)31)11-18(29)26-13-8-9-16(22)15(10-13)21(23,24)25/h4-10,12H,3,11H2,1-2H3,(H,26,29)/t12-/m0/s1. The Bertz CT molecular complexity index is 1260. The SMILES string of the molecule is CC[C@H](C)n1c(=O)c2ccccc2n(CC(=O)Nc2ccc(Cl)c(C(F)(F)F)c2)c1=O. The first-order valence-corrected chi connectivity index (χ1v) is 9.83. The lowest BCUT2D eigenvalue weighted by atomic mass is 10.2. The molecule has 0 aliphatic carbocycles. The summed E-state index contributed by atoms with van der Waals surface area (Å²) in [7, 11) is 0. The molecule has 3 rings (SSSR count). The van der Waals surface area contributed by atoms with Gasteiger partial charge >= 0.3 is 11.9 Å². The Hall–Kier alpha value is -3.07. The predicted molar refractivity (Wildman–Crippen MR) is 113 cm³/mol. The maximum Gasteiger partial charge on any atom is 0.417 e. The molecule has 1 heterocycles. The van der Waals surface area contributed by atoms with E-state index in [0.717, 1.165) is 21.3 Å². The molecule has 0 bridgehead atoms. The maximum absolute atomic E-state index is 13.1. The fraction of sp³-hybridized carbons (Fsp3) is 0.286. The van der Waals surface area contributed by atoms with Crippen LogP contribution in [-0.4, -0.2) is 15.0 Å². The fourth-order valence-electron chi connectivity index (χ4n) is 3.23. The molecule has 0 saturated heterocycles. The smallest absolute Gasteiger partial charge is 0.325 e. The van der Waals surface area contributed by atoms with Crippen LogP contribution in [0.2, 0.25) is 5.02 Å². The zero-order valence-electron chi connectivity index (χ0n) is 16.7. The van der Waals surface area contributed by atoms with Crippen LogP contribution in [0.3, 0.4) is 0 Å². The molecule has 1 atom stereocenters. The van der Waals surface area contributed by atoms with Crippen molar-refractivity contribution in [2.45, 2.75) is 39.0 Å². The maximum atomic E-state index is 13.1. The topological polar surface area (TPSA) is 73.1 Å². The molecule has 1 aromatic heterocycles. The Morgan fingerprint density at radius 3 is 2.48 bits per heavy atom. The highest BCUT2D eigenvalue weighted by Gasteiger charge is 2.33. The molecule has 0 unspecified atom stereocenters. The van der Waals surface area contributed by atoms with Crippen LogP contribution in [0, 0.1) is 0 Å². The summed E-state index contributed by atoms with van der Waals surface area (Å²) in [5.74, 6) is -0.725. The minimum absolute atomic E-state index is 0.116. The average Bonchev–Trinajstić information content (AvgIpc) is 2.71. The monoisotopic (exact) mass is 453 g/mol. The minimum Gasteiger partial charge on any atom is -0.325 e. The van der Waals surface area contributed by atoms with Gasteiger partial charge in [0.15, 0.2) is 0 Å². The first-order valence-electron chi connectivity index (χ1n) is 9.45. The summed E-state index contributed by atoms with van der Waals surface area (Å²) < 4.78 is 41.4. The summed E-state index contributed by atoms with van der Waals surface area (Å²) in [5.41, 5.74) is -2.06. The van der Waals surface area contributed by atoms with E-state index in [4.69, 9.17) is 11.6 Å². The van der Waals surface area contributed by atoms with E-state index in [1.54, 1.807) is 25.1 Å². The Labute approximate surface area is 179 Å². The highest BCUT2D eigenvalue weighted by atomic mass is 35.5. The van der Waals surface area contributed by atoms with Gasteiger partial charge in [0.2, 0.25) is 5.91 Å². The van der Waals surface area contributed by atoms with Crippen molar-refractivity contribution in [2.75, 3.05) is 5.32 Å². The van der Waals surface area contributed by atoms with Gasteiger partial charge in [-0.2, -0.15) is 13.2 Å². The molecule has 164 valence electrons. The van der Waals surface area contributed by atoms with Crippen molar-refractivity contribution in [3.05, 3.63) is 73.9 Å². The van der Waals surface area contributed by atoms with Crippen LogP contribution in [-0.2, 0) is 17.5 Å². The molecule has 1 N–H and O–H groups in total. The lowest BCUT2D eigenvalue weighted by Gasteiger charge is -2.17. The van der Waals surface area contributed by atoms with Crippen LogP contribution in [0.1, 0.15) is 31.9 Å². The number of fused-ring (bicyclic) bond motifs is 1. The van der Waals surface area contributed by atoms with Gasteiger partial charge in [0.25, 0.3) is 5.56 Å². The molecule has 2 aromatic carbocycles. The van der Waals surface area contributed by atoms with Crippen LogP contribution < -0.4 is 16.6 Å². The number of alkyl halides is 3. The molecular formula is C21H19ClF3N3O3. The number of nitrogens with zero attached hydrogens (tertiary/aromatic N) is 2. The van der Waals surface area contributed by atoms with Gasteiger partial charge in [0, 0.05) is 11.7 Å². The number of hydrogen-bond donors (Lipinski definition) is 1. The largest absolute Gasteiger partial charge is 0.417 e. The van der Waals surface area contributed by atoms with E-state index in [-0.39, 0.29) is 16.6 Å². The summed E-state index contributed by atoms with van der Waals surface area (Å²) in [6.07, 6.45) is -4.17. The van der Waals surface area contributed by atoms with Gasteiger partial charge in [-0.25, -0.2) is 4.79 Å². The Morgan fingerprint density at radius 2 is 1.84 bits per heavy atom. The van der Waals surface area contributed by atoms with Gasteiger partial charge in [-0.1, -0.05) is 30.7 Å². The number of rotatable bonds is 5. The highest BCUT2D eigenvalue weighted by molar-refractivity contribution is 6.31. The second-order valence-corrected chi connectivity index (χ2v) is 7.47. The molecule has 0 aliphatic heterocycles. The number of aromatic nitrogens is 2. The molecule has 0 fully saturated rings. The van der Waals surface area contributed by atoms with Gasteiger partial charge in [0.1, 0.15) is 6.54 Å². The second-order valence-electron chi connectivity index (χ2n) is 7.06. The van der Waals surface area contributed by atoms with Gasteiger partial charge in [-0.3, -0.25) is 18.7 Å². The normalized spacial score (nSPS) is 12.7. The van der Waals surface area contributed by atoms with Crippen LogP contribution in [0.4, 0.5) is 18.9 Å². The summed E-state index contributed by atoms with van der Waals surface area (Å²) >= 11 is 5.60. The number of nitrogens with one attached hydrogen (secondary N) is 1. The number of halogens is 4. The van der Waals surface area contributed by atoms with E-state index in [1.807, 2.05) is 6.92 Å². The highest BCUT2D eigenvalue weighted by Crippen LogP contribution is 2.36. The molecule has 31 heavy (non-hydrogen) atoms. The van der Waals surface area contributed by atoms with Crippen molar-refractivity contribution in [2.24, 2.45) is 0 Å². The van der Waals surface area contributed by atoms with Crippen molar-refractivity contribution < 1.29 is 18.0 Å². The van der Waals surface area contributed by atoms with Crippen LogP contribution in [0.25, 0.3) is 10.9 Å². The molecule has 3 aromatic rings. The van der Waals surface area contributed by atoms with Crippen molar-refractivity contribution in [3.63, 3.8) is 0 Å². The molecule has 6 nitrogen and oxygen atoms in total. The Balaban J connectivity index is 2.02. The predicted octanol–water partition coefficient (Wildman–Crippen LogP) is 4.45. The minimum atomic E-state index is -4.68. The first kappa shape index (κ1) is 22.6. The molecule has 0 saturated carbocycles. The average molecular weight is 454 g/mol. The number of amides is 1. The lowest BCUT2D eigenvalue weighted by Crippen LogP contribution is -2.43. The molecule has 1 amide bonds. The molecule has 0 spiro atoms. The van der Waals surface area contributed by atoms with E-state index in [0.29, 0.717) is 6.42 Å². The summed E-state index contributed by atoms with van der Waals surface area (Å²) in [6, 6.07) is 8.95. The number of carbonyl (C=O) groups excluding carboxylic acids is 1. The molecule has 10 heteroatoms. The van der Waals surface area contributed by atoms with Crippen molar-refractivity contribution in [1.82, 2.24) is 9.13 Å². The van der Waals surface area contributed by atoms with Gasteiger partial charge in [0.05, 0.1) is 21.5 Å². The molecule has 0 radical (unpaired) electrons. The van der Waals surface area contributed by atoms with Crippen molar-refractivity contribution in [3.8, 4) is 0 Å². The van der Waals surface area contributed by atoms with Gasteiger partial charge in [-0.05, 0) is 43.7 Å². The Morgan fingerprint density at radius 1 is 1.16 bits per heavy atom. The van der Waals surface area contributed by atoms with E-state index >= 15 is 0 Å². The zero-order valence-corrected chi connectivity index (χ0v) is 17.4. The first-order chi connectivity index (χ1) is 14.5. The number of benzene rings is 2. The number of hydrogen-bond acceptors (Lipinski definition) is 3. The third-order valence-corrected chi connectivity index (χ3v) is 5.30. The third kappa shape index (κ3) is 4.51. The lowest BCUT2D eigenvalue weighted by molar-refractivity contribution is -0.137. The van der Waals surface area contributed by atoms with E-state index in [2.05, 4.69) is 5.32 Å². The second kappa shape index (κ2) is 8.58. The number of para-hydroxylation sites is 1. The van der Waals surface area contributed by atoms with Gasteiger partial charge < -0.3 is 5.32 Å². The Kier molecular flexibility index (Phi) is 6.26. The fourth-order valence-corrected chi connectivity index (χ4v) is 3.45. The summed E-state index contributed by atoms with van der Waals surface area (Å²) in [6.45, 7) is 3.05. The zero-order chi connectivity index (χ0) is 22.9. The quantitative estimate of drug-likeness (QED) is 0.620. The van der Waals surface area contributed by atoms with Crippen LogP contribution in [0.15, 0.2) is 52.1 Å². The third-order valence-electron chi connectivity index (χ3n) is 4.97. The molecule has 0 aliphatic rings. The van der Waals surface area contributed by atoms with Gasteiger partial charge in [-0.15, -0.1) is 0 Å². The van der Waals surface area contributed by atoms with E-state index < -0.39 is 46.5 Å². The van der Waals surface area contributed by atoms with E-state index in [9.17, 15) is 27.6 Å². The number of carbonyl (C=O) groups is 1. The summed E-state index contributed by atoms with van der Waals surface area (Å²) in [5, 5.41) is 2.13. The summed E-state index contributed by atoms with van der Waals surface area (Å²) in [4.78, 5) is 38.4. The van der Waals surface area contributed by atoms with Crippen molar-refractivity contribution in [1.29, 1.82) is 0 Å². The van der Waals surface area contributed by atoms with Crippen LogP contribution in [0.5, 0.6) is 0 Å². The molecular weight excluding hydrogens is 435 g/mol. The number of anilines is 1.